The molecule has 0 atom stereocenters. The molecule has 0 aromatic heterocycles. The van der Waals surface area contributed by atoms with Crippen LogP contribution in [0.5, 0.6) is 5.75 Å². The lowest BCUT2D eigenvalue weighted by Crippen LogP contribution is -2.46. The zero-order valence-electron chi connectivity index (χ0n) is 11.3. The predicted molar refractivity (Wildman–Crippen MR) is 74.3 cm³/mol. The first kappa shape index (κ1) is 13.8. The number of hydrogen-bond acceptors (Lipinski definition) is 3. The third-order valence-electron chi connectivity index (χ3n) is 3.19. The molecular formula is C14H20FN3O. The van der Waals surface area contributed by atoms with Gasteiger partial charge in [-0.25, -0.2) is 4.39 Å². The van der Waals surface area contributed by atoms with Crippen LogP contribution >= 0.6 is 0 Å². The summed E-state index contributed by atoms with van der Waals surface area (Å²) in [6.45, 7) is 5.29. The molecule has 0 saturated carbocycles. The minimum atomic E-state index is -0.300. The van der Waals surface area contributed by atoms with Crippen molar-refractivity contribution in [1.82, 2.24) is 9.80 Å². The summed E-state index contributed by atoms with van der Waals surface area (Å²) in [6, 6.07) is 6.52. The number of nitrogens with zero attached hydrogens (tertiary/aromatic N) is 3. The monoisotopic (exact) mass is 265 g/mol. The molecule has 0 spiro atoms. The van der Waals surface area contributed by atoms with E-state index in [9.17, 15) is 4.39 Å². The van der Waals surface area contributed by atoms with Gasteiger partial charge in [-0.3, -0.25) is 9.89 Å². The van der Waals surface area contributed by atoms with Gasteiger partial charge in [0.25, 0.3) is 0 Å². The molecule has 19 heavy (non-hydrogen) atoms. The summed E-state index contributed by atoms with van der Waals surface area (Å²) in [7, 11) is 1.79. The molecule has 0 unspecified atom stereocenters. The van der Waals surface area contributed by atoms with E-state index in [1.807, 2.05) is 6.34 Å². The van der Waals surface area contributed by atoms with Crippen molar-refractivity contribution in [2.45, 2.75) is 0 Å². The molecule has 1 heterocycles. The van der Waals surface area contributed by atoms with E-state index in [1.54, 1.807) is 25.2 Å². The van der Waals surface area contributed by atoms with E-state index in [-0.39, 0.29) is 5.82 Å². The van der Waals surface area contributed by atoms with Crippen molar-refractivity contribution < 1.29 is 9.13 Å². The van der Waals surface area contributed by atoms with Crippen molar-refractivity contribution in [1.29, 1.82) is 0 Å². The Bertz CT molecular complexity index is 417. The van der Waals surface area contributed by atoms with Gasteiger partial charge in [-0.1, -0.05) is 12.1 Å². The smallest absolute Gasteiger partial charge is 0.165 e. The molecule has 0 aliphatic carbocycles. The van der Waals surface area contributed by atoms with Crippen LogP contribution in [0, 0.1) is 5.82 Å². The van der Waals surface area contributed by atoms with E-state index in [0.29, 0.717) is 12.4 Å². The van der Waals surface area contributed by atoms with Crippen molar-refractivity contribution in [2.75, 3.05) is 46.4 Å². The second kappa shape index (κ2) is 7.09. The highest BCUT2D eigenvalue weighted by atomic mass is 19.1. The zero-order chi connectivity index (χ0) is 13.5. The summed E-state index contributed by atoms with van der Waals surface area (Å²) in [5, 5.41) is 0. The maximum atomic E-state index is 13.3. The molecule has 0 amide bonds. The number of rotatable bonds is 5. The maximum absolute atomic E-state index is 13.3. The van der Waals surface area contributed by atoms with Crippen molar-refractivity contribution >= 4 is 6.34 Å². The van der Waals surface area contributed by atoms with Gasteiger partial charge in [0.05, 0.1) is 6.34 Å². The third kappa shape index (κ3) is 4.21. The highest BCUT2D eigenvalue weighted by Gasteiger charge is 2.14. The first-order valence-electron chi connectivity index (χ1n) is 6.55. The van der Waals surface area contributed by atoms with Gasteiger partial charge >= 0.3 is 0 Å². The van der Waals surface area contributed by atoms with E-state index >= 15 is 0 Å². The number of hydrogen-bond donors (Lipinski definition) is 0. The Balaban J connectivity index is 1.69. The quantitative estimate of drug-likeness (QED) is 0.596. The topological polar surface area (TPSA) is 28.1 Å². The molecule has 0 N–H and O–H groups in total. The number of benzene rings is 1. The number of aliphatic imine (C=N–C) groups is 1. The average molecular weight is 265 g/mol. The molecule has 1 saturated heterocycles. The lowest BCUT2D eigenvalue weighted by Gasteiger charge is -2.33. The highest BCUT2D eigenvalue weighted by molar-refractivity contribution is 5.54. The summed E-state index contributed by atoms with van der Waals surface area (Å²) >= 11 is 0. The fraction of sp³-hybridized carbons (Fsp3) is 0.500. The Morgan fingerprint density at radius 2 is 2.00 bits per heavy atom. The molecule has 1 aromatic carbocycles. The van der Waals surface area contributed by atoms with Crippen LogP contribution in [-0.2, 0) is 0 Å². The maximum Gasteiger partial charge on any atom is 0.165 e. The molecule has 0 bridgehead atoms. The zero-order valence-corrected chi connectivity index (χ0v) is 11.3. The van der Waals surface area contributed by atoms with Crippen LogP contribution in [0.3, 0.4) is 0 Å². The lowest BCUT2D eigenvalue weighted by atomic mass is 10.3. The summed E-state index contributed by atoms with van der Waals surface area (Å²) in [6.07, 6.45) is 1.88. The second-order valence-corrected chi connectivity index (χ2v) is 4.53. The first-order valence-corrected chi connectivity index (χ1v) is 6.55. The molecule has 4 nitrogen and oxygen atoms in total. The minimum absolute atomic E-state index is 0.300. The van der Waals surface area contributed by atoms with E-state index in [4.69, 9.17) is 4.74 Å². The summed E-state index contributed by atoms with van der Waals surface area (Å²) in [5.74, 6) is 0.0331. The van der Waals surface area contributed by atoms with Crippen molar-refractivity contribution in [3.8, 4) is 5.75 Å². The van der Waals surface area contributed by atoms with Crippen LogP contribution in [0.25, 0.3) is 0 Å². The van der Waals surface area contributed by atoms with E-state index < -0.39 is 0 Å². The highest BCUT2D eigenvalue weighted by Crippen LogP contribution is 2.15. The van der Waals surface area contributed by atoms with Crippen molar-refractivity contribution in [2.24, 2.45) is 4.99 Å². The van der Waals surface area contributed by atoms with Gasteiger partial charge in [0.2, 0.25) is 0 Å². The molecule has 1 aliphatic heterocycles. The molecular weight excluding hydrogens is 245 g/mol. The molecule has 2 rings (SSSR count). The van der Waals surface area contributed by atoms with Crippen LogP contribution in [0.4, 0.5) is 4.39 Å². The fourth-order valence-electron chi connectivity index (χ4n) is 2.11. The van der Waals surface area contributed by atoms with Crippen LogP contribution in [0.2, 0.25) is 0 Å². The molecule has 104 valence electrons. The number of ether oxygens (including phenoxy) is 1. The van der Waals surface area contributed by atoms with Crippen molar-refractivity contribution in [3.63, 3.8) is 0 Å². The van der Waals surface area contributed by atoms with Gasteiger partial charge in [0.15, 0.2) is 11.6 Å². The largest absolute Gasteiger partial charge is 0.489 e. The number of para-hydroxylation sites is 1. The van der Waals surface area contributed by atoms with Gasteiger partial charge in [0, 0.05) is 39.8 Å². The predicted octanol–water partition coefficient (Wildman–Crippen LogP) is 1.48. The third-order valence-corrected chi connectivity index (χ3v) is 3.19. The average Bonchev–Trinajstić information content (AvgIpc) is 2.43. The van der Waals surface area contributed by atoms with Gasteiger partial charge in [-0.05, 0) is 12.1 Å². The van der Waals surface area contributed by atoms with Gasteiger partial charge in [0.1, 0.15) is 6.61 Å². The Hall–Kier alpha value is -1.62. The molecule has 1 fully saturated rings. The lowest BCUT2D eigenvalue weighted by molar-refractivity contribution is 0.154. The SMILES string of the molecule is CN=CN1CCN(CCOc2ccccc2F)CC1. The van der Waals surface area contributed by atoms with Gasteiger partial charge in [-0.15, -0.1) is 0 Å². The second-order valence-electron chi connectivity index (χ2n) is 4.53. The first-order chi connectivity index (χ1) is 9.29. The summed E-state index contributed by atoms with van der Waals surface area (Å²) in [4.78, 5) is 8.53. The molecule has 1 aromatic rings. The van der Waals surface area contributed by atoms with E-state index in [2.05, 4.69) is 14.8 Å². The van der Waals surface area contributed by atoms with Crippen LogP contribution in [0.15, 0.2) is 29.3 Å². The Morgan fingerprint density at radius 3 is 2.68 bits per heavy atom. The standard InChI is InChI=1S/C14H20FN3O/c1-16-12-18-8-6-17(7-9-18)10-11-19-14-5-3-2-4-13(14)15/h2-5,12H,6-11H2,1H3. The Morgan fingerprint density at radius 1 is 1.26 bits per heavy atom. The normalized spacial score (nSPS) is 17.1. The van der Waals surface area contributed by atoms with Gasteiger partial charge < -0.3 is 9.64 Å². The molecule has 1 aliphatic rings. The molecule has 5 heteroatoms. The van der Waals surface area contributed by atoms with E-state index in [0.717, 1.165) is 32.7 Å². The summed E-state index contributed by atoms with van der Waals surface area (Å²) in [5.41, 5.74) is 0. The fourth-order valence-corrected chi connectivity index (χ4v) is 2.11. The van der Waals surface area contributed by atoms with E-state index in [1.165, 1.54) is 6.07 Å². The van der Waals surface area contributed by atoms with Crippen molar-refractivity contribution in [3.05, 3.63) is 30.1 Å². The number of piperazine rings is 1. The number of halogens is 1. The van der Waals surface area contributed by atoms with Gasteiger partial charge in [-0.2, -0.15) is 0 Å². The molecule has 0 radical (unpaired) electrons. The van der Waals surface area contributed by atoms with Crippen LogP contribution in [0.1, 0.15) is 0 Å². The minimum Gasteiger partial charge on any atom is -0.489 e. The Kier molecular flexibility index (Phi) is 5.15. The Labute approximate surface area is 113 Å². The van der Waals surface area contributed by atoms with Crippen LogP contribution < -0.4 is 4.74 Å². The summed E-state index contributed by atoms with van der Waals surface area (Å²) < 4.78 is 18.8. The van der Waals surface area contributed by atoms with Crippen LogP contribution in [-0.4, -0.2) is 62.5 Å².